The molecule has 1 aromatic carbocycles. The van der Waals surface area contributed by atoms with Crippen molar-refractivity contribution in [2.45, 2.75) is 32.9 Å². The van der Waals surface area contributed by atoms with Gasteiger partial charge in [0.1, 0.15) is 0 Å². The maximum absolute atomic E-state index is 6.20. The second kappa shape index (κ2) is 6.52. The summed E-state index contributed by atoms with van der Waals surface area (Å²) in [4.78, 5) is 2.44. The Labute approximate surface area is 138 Å². The number of piperidine rings is 1. The van der Waals surface area contributed by atoms with Crippen molar-refractivity contribution in [2.24, 2.45) is 11.1 Å². The van der Waals surface area contributed by atoms with Gasteiger partial charge in [-0.05, 0) is 29.5 Å². The monoisotopic (exact) mass is 328 g/mol. The molecule has 1 fully saturated rings. The molecule has 0 radical (unpaired) electrons. The number of rotatable bonds is 3. The standard InChI is InChI=1S/C16H24N2O3.ClH/c1-16(2)9-18(5-4-14(16)17)8-11-6-12(19-3)15-13(7-11)20-10-21-15;/h6-7,14H,4-5,8-10,17H2,1-3H3;1H. The average Bonchev–Trinajstić information content (AvgIpc) is 2.90. The third kappa shape index (κ3) is 3.26. The molecule has 0 spiro atoms. The molecule has 5 nitrogen and oxygen atoms in total. The van der Waals surface area contributed by atoms with Crippen LogP contribution in [0, 0.1) is 5.41 Å². The lowest BCUT2D eigenvalue weighted by Crippen LogP contribution is -2.52. The van der Waals surface area contributed by atoms with Gasteiger partial charge in [-0.1, -0.05) is 13.8 Å². The molecule has 0 aromatic heterocycles. The van der Waals surface area contributed by atoms with Gasteiger partial charge in [-0.3, -0.25) is 4.90 Å². The van der Waals surface area contributed by atoms with E-state index in [-0.39, 0.29) is 30.7 Å². The van der Waals surface area contributed by atoms with Gasteiger partial charge in [-0.2, -0.15) is 0 Å². The molecule has 3 rings (SSSR count). The highest BCUT2D eigenvalue weighted by Crippen LogP contribution is 2.42. The Balaban J connectivity index is 0.00000176. The highest BCUT2D eigenvalue weighted by molar-refractivity contribution is 5.85. The molecular formula is C16H25ClN2O3. The summed E-state index contributed by atoms with van der Waals surface area (Å²) in [5.74, 6) is 2.23. The second-order valence-corrected chi connectivity index (χ2v) is 6.63. The smallest absolute Gasteiger partial charge is 0.231 e. The molecule has 124 valence electrons. The first kappa shape index (κ1) is 17.2. The summed E-state index contributed by atoms with van der Waals surface area (Å²) in [6.07, 6.45) is 1.04. The van der Waals surface area contributed by atoms with E-state index in [9.17, 15) is 0 Å². The van der Waals surface area contributed by atoms with E-state index in [0.717, 1.165) is 37.6 Å². The number of ether oxygens (including phenoxy) is 3. The summed E-state index contributed by atoms with van der Waals surface area (Å²) in [6.45, 7) is 7.66. The summed E-state index contributed by atoms with van der Waals surface area (Å²) in [5, 5.41) is 0. The number of methoxy groups -OCH3 is 1. The highest BCUT2D eigenvalue weighted by atomic mass is 35.5. The van der Waals surface area contributed by atoms with Crippen LogP contribution in [0.4, 0.5) is 0 Å². The van der Waals surface area contributed by atoms with Crippen LogP contribution in [0.3, 0.4) is 0 Å². The number of nitrogens with zero attached hydrogens (tertiary/aromatic N) is 1. The summed E-state index contributed by atoms with van der Waals surface area (Å²) in [7, 11) is 1.66. The maximum atomic E-state index is 6.20. The van der Waals surface area contributed by atoms with Crippen molar-refractivity contribution in [1.82, 2.24) is 4.90 Å². The zero-order valence-corrected chi connectivity index (χ0v) is 14.2. The molecule has 1 aromatic rings. The number of hydrogen-bond donors (Lipinski definition) is 1. The average molecular weight is 329 g/mol. The zero-order valence-electron chi connectivity index (χ0n) is 13.4. The second-order valence-electron chi connectivity index (χ2n) is 6.63. The normalized spacial score (nSPS) is 23.0. The Bertz CT molecular complexity index is 536. The molecule has 1 saturated heterocycles. The van der Waals surface area contributed by atoms with E-state index in [1.54, 1.807) is 7.11 Å². The van der Waals surface area contributed by atoms with Gasteiger partial charge in [0.05, 0.1) is 7.11 Å². The van der Waals surface area contributed by atoms with Crippen LogP contribution in [0.5, 0.6) is 17.2 Å². The van der Waals surface area contributed by atoms with E-state index in [1.165, 1.54) is 5.56 Å². The Kier molecular flexibility index (Phi) is 5.10. The first-order chi connectivity index (χ1) is 9.99. The SMILES string of the molecule is COc1cc(CN2CCC(N)C(C)(C)C2)cc2c1OCO2.Cl. The van der Waals surface area contributed by atoms with Gasteiger partial charge in [0.2, 0.25) is 12.5 Å². The van der Waals surface area contributed by atoms with Crippen LogP contribution < -0.4 is 19.9 Å². The summed E-state index contributed by atoms with van der Waals surface area (Å²) in [5.41, 5.74) is 7.54. The first-order valence-corrected chi connectivity index (χ1v) is 7.44. The van der Waals surface area contributed by atoms with Crippen molar-refractivity contribution in [3.05, 3.63) is 17.7 Å². The van der Waals surface area contributed by atoms with Gasteiger partial charge in [0.25, 0.3) is 0 Å². The molecule has 2 aliphatic heterocycles. The van der Waals surface area contributed by atoms with Gasteiger partial charge >= 0.3 is 0 Å². The van der Waals surface area contributed by atoms with Crippen LogP contribution in [-0.4, -0.2) is 37.9 Å². The molecule has 22 heavy (non-hydrogen) atoms. The molecule has 2 N–H and O–H groups in total. The molecule has 0 bridgehead atoms. The van der Waals surface area contributed by atoms with E-state index in [2.05, 4.69) is 18.7 Å². The van der Waals surface area contributed by atoms with Gasteiger partial charge in [0.15, 0.2) is 11.5 Å². The zero-order chi connectivity index (χ0) is 15.0. The molecule has 1 unspecified atom stereocenters. The number of hydrogen-bond acceptors (Lipinski definition) is 5. The molecule has 0 amide bonds. The van der Waals surface area contributed by atoms with E-state index in [4.69, 9.17) is 19.9 Å². The minimum Gasteiger partial charge on any atom is -0.493 e. The summed E-state index contributed by atoms with van der Waals surface area (Å²) >= 11 is 0. The highest BCUT2D eigenvalue weighted by Gasteiger charge is 2.33. The number of likely N-dealkylation sites (tertiary alicyclic amines) is 1. The van der Waals surface area contributed by atoms with Gasteiger partial charge < -0.3 is 19.9 Å². The first-order valence-electron chi connectivity index (χ1n) is 7.44. The number of benzene rings is 1. The summed E-state index contributed by atoms with van der Waals surface area (Å²) in [6, 6.07) is 4.36. The van der Waals surface area contributed by atoms with Crippen LogP contribution in [0.25, 0.3) is 0 Å². The van der Waals surface area contributed by atoms with E-state index < -0.39 is 0 Å². The number of fused-ring (bicyclic) bond motifs is 1. The van der Waals surface area contributed by atoms with Crippen molar-refractivity contribution < 1.29 is 14.2 Å². The number of nitrogens with two attached hydrogens (primary N) is 1. The molecule has 6 heteroatoms. The Morgan fingerprint density at radius 3 is 2.82 bits per heavy atom. The third-order valence-corrected chi connectivity index (χ3v) is 4.52. The quantitative estimate of drug-likeness (QED) is 0.923. The topological polar surface area (TPSA) is 57.0 Å². The Hall–Kier alpha value is -1.17. The molecule has 0 aliphatic carbocycles. The fourth-order valence-electron chi connectivity index (χ4n) is 3.15. The summed E-state index contributed by atoms with van der Waals surface area (Å²) < 4.78 is 16.3. The molecule has 2 heterocycles. The van der Waals surface area contributed by atoms with Crippen LogP contribution in [0.15, 0.2) is 12.1 Å². The fourth-order valence-corrected chi connectivity index (χ4v) is 3.15. The lowest BCUT2D eigenvalue weighted by Gasteiger charge is -2.42. The predicted octanol–water partition coefficient (Wildman–Crippen LogP) is 2.40. The Morgan fingerprint density at radius 2 is 2.14 bits per heavy atom. The van der Waals surface area contributed by atoms with Crippen molar-refractivity contribution in [3.8, 4) is 17.2 Å². The lowest BCUT2D eigenvalue weighted by molar-refractivity contribution is 0.0898. The van der Waals surface area contributed by atoms with Crippen molar-refractivity contribution in [1.29, 1.82) is 0 Å². The van der Waals surface area contributed by atoms with E-state index >= 15 is 0 Å². The van der Waals surface area contributed by atoms with Crippen molar-refractivity contribution in [2.75, 3.05) is 27.0 Å². The predicted molar refractivity (Wildman–Crippen MR) is 88.0 cm³/mol. The maximum Gasteiger partial charge on any atom is 0.231 e. The lowest BCUT2D eigenvalue weighted by atomic mass is 9.79. The van der Waals surface area contributed by atoms with Crippen LogP contribution in [-0.2, 0) is 6.54 Å². The minimum atomic E-state index is 0. The largest absolute Gasteiger partial charge is 0.493 e. The van der Waals surface area contributed by atoms with E-state index in [0.29, 0.717) is 5.75 Å². The van der Waals surface area contributed by atoms with Crippen molar-refractivity contribution >= 4 is 12.4 Å². The van der Waals surface area contributed by atoms with Crippen LogP contribution in [0.1, 0.15) is 25.8 Å². The van der Waals surface area contributed by atoms with Crippen molar-refractivity contribution in [3.63, 3.8) is 0 Å². The van der Waals surface area contributed by atoms with Gasteiger partial charge in [-0.25, -0.2) is 0 Å². The van der Waals surface area contributed by atoms with Gasteiger partial charge in [-0.15, -0.1) is 12.4 Å². The van der Waals surface area contributed by atoms with Gasteiger partial charge in [0, 0.05) is 25.7 Å². The third-order valence-electron chi connectivity index (χ3n) is 4.52. The number of halogens is 1. The molecule has 1 atom stereocenters. The molecule has 0 saturated carbocycles. The fraction of sp³-hybridized carbons (Fsp3) is 0.625. The Morgan fingerprint density at radius 1 is 1.36 bits per heavy atom. The molecular weight excluding hydrogens is 304 g/mol. The minimum absolute atomic E-state index is 0. The molecule has 2 aliphatic rings. The van der Waals surface area contributed by atoms with Crippen LogP contribution in [0.2, 0.25) is 0 Å². The van der Waals surface area contributed by atoms with E-state index in [1.807, 2.05) is 12.1 Å². The van der Waals surface area contributed by atoms with Crippen LogP contribution >= 0.6 is 12.4 Å².